The summed E-state index contributed by atoms with van der Waals surface area (Å²) in [6, 6.07) is 11.9. The number of carbonyl (C=O) groups is 1. The molecule has 6 N–H and O–H groups in total. The predicted molar refractivity (Wildman–Crippen MR) is 99.6 cm³/mol. The molecule has 2 aromatic carbocycles. The second kappa shape index (κ2) is 8.60. The van der Waals surface area contributed by atoms with Gasteiger partial charge in [-0.15, -0.1) is 0 Å². The van der Waals surface area contributed by atoms with E-state index >= 15 is 0 Å². The molecule has 7 nitrogen and oxygen atoms in total. The van der Waals surface area contributed by atoms with Crippen molar-refractivity contribution in [2.75, 3.05) is 24.8 Å². The van der Waals surface area contributed by atoms with Crippen molar-refractivity contribution in [3.63, 3.8) is 0 Å². The molecule has 0 fully saturated rings. The number of hydrogen-bond donors (Lipinski definition) is 5. The van der Waals surface area contributed by atoms with Gasteiger partial charge in [0.05, 0.1) is 12.7 Å². The van der Waals surface area contributed by atoms with E-state index < -0.39 is 0 Å². The summed E-state index contributed by atoms with van der Waals surface area (Å²) in [6.07, 6.45) is 1.45. The average Bonchev–Trinajstić information content (AvgIpc) is 2.61. The lowest BCUT2D eigenvalue weighted by Crippen LogP contribution is -2.19. The number of anilines is 2. The fourth-order valence-electron chi connectivity index (χ4n) is 2.26. The number of rotatable bonds is 6. The second-order valence-corrected chi connectivity index (χ2v) is 5.22. The molecule has 0 atom stereocenters. The minimum atomic E-state index is -0.390. The fraction of sp³-hybridized carbons (Fsp3) is 0.167. The van der Waals surface area contributed by atoms with Gasteiger partial charge in [0.2, 0.25) is 0 Å². The Morgan fingerprint density at radius 2 is 1.92 bits per heavy atom. The Bertz CT molecular complexity index is 775. The minimum Gasteiger partial charge on any atom is -0.506 e. The molecule has 7 heteroatoms. The molecule has 0 aliphatic carbocycles. The smallest absolute Gasteiger partial charge is 0.323 e. The van der Waals surface area contributed by atoms with E-state index in [-0.39, 0.29) is 11.8 Å². The lowest BCUT2D eigenvalue weighted by atomic mass is 10.1. The van der Waals surface area contributed by atoms with Crippen LogP contribution in [-0.4, -0.2) is 25.3 Å². The van der Waals surface area contributed by atoms with Crippen LogP contribution in [0.5, 0.6) is 5.75 Å². The number of aliphatic hydroxyl groups excluding tert-OH is 1. The van der Waals surface area contributed by atoms with Crippen molar-refractivity contribution in [2.45, 2.75) is 6.54 Å². The third-order valence-corrected chi connectivity index (χ3v) is 3.44. The molecule has 132 valence electrons. The number of aliphatic hydroxyl groups is 1. The number of benzene rings is 2. The summed E-state index contributed by atoms with van der Waals surface area (Å²) in [6.45, 7) is 0.402. The second-order valence-electron chi connectivity index (χ2n) is 5.22. The number of methoxy groups -OCH3 is 1. The molecule has 0 spiro atoms. The Balaban J connectivity index is 2.11. The third-order valence-electron chi connectivity index (χ3n) is 3.44. The zero-order valence-electron chi connectivity index (χ0n) is 14.2. The van der Waals surface area contributed by atoms with Gasteiger partial charge in [0.1, 0.15) is 11.5 Å². The summed E-state index contributed by atoms with van der Waals surface area (Å²) < 4.78 is 5.27. The van der Waals surface area contributed by atoms with Gasteiger partial charge < -0.3 is 31.5 Å². The molecule has 0 bridgehead atoms. The van der Waals surface area contributed by atoms with Crippen molar-refractivity contribution in [1.82, 2.24) is 5.32 Å². The largest absolute Gasteiger partial charge is 0.506 e. The molecule has 0 saturated heterocycles. The lowest BCUT2D eigenvalue weighted by molar-refractivity contribution is 0.262. The van der Waals surface area contributed by atoms with Crippen LogP contribution in [-0.2, 0) is 6.54 Å². The molecule has 25 heavy (non-hydrogen) atoms. The van der Waals surface area contributed by atoms with E-state index in [9.17, 15) is 9.90 Å². The van der Waals surface area contributed by atoms with Crippen LogP contribution >= 0.6 is 0 Å². The Morgan fingerprint density at radius 1 is 1.20 bits per heavy atom. The summed E-state index contributed by atoms with van der Waals surface area (Å²) in [7, 11) is 3.18. The maximum absolute atomic E-state index is 12.1. The zero-order chi connectivity index (χ0) is 18.2. The van der Waals surface area contributed by atoms with Crippen LogP contribution in [0.4, 0.5) is 16.2 Å². The quantitative estimate of drug-likeness (QED) is 0.519. The Hall–Kier alpha value is -3.19. The maximum Gasteiger partial charge on any atom is 0.323 e. The van der Waals surface area contributed by atoms with E-state index in [0.717, 1.165) is 5.56 Å². The van der Waals surface area contributed by atoms with Gasteiger partial charge in [-0.1, -0.05) is 12.1 Å². The minimum absolute atomic E-state index is 0.0361. The molecule has 0 radical (unpaired) electrons. The number of amides is 2. The molecule has 0 unspecified atom stereocenters. The number of urea groups is 1. The van der Waals surface area contributed by atoms with Crippen molar-refractivity contribution >= 4 is 23.2 Å². The van der Waals surface area contributed by atoms with Crippen molar-refractivity contribution in [2.24, 2.45) is 5.73 Å². The van der Waals surface area contributed by atoms with Gasteiger partial charge in [-0.2, -0.15) is 0 Å². The molecular formula is C18H22N4O3. The number of ether oxygens (including phenoxy) is 1. The van der Waals surface area contributed by atoms with Gasteiger partial charge in [-0.05, 0) is 29.8 Å². The summed E-state index contributed by atoms with van der Waals surface area (Å²) in [5.74, 6) is 0.473. The van der Waals surface area contributed by atoms with Gasteiger partial charge in [-0.3, -0.25) is 0 Å². The SMILES string of the molecule is CN/C=C(\O)c1ccc(NC(=O)Nc2cccc(CN)c2)cc1OC. The normalized spacial score (nSPS) is 10.9. The maximum atomic E-state index is 12.1. The van der Waals surface area contributed by atoms with Crippen LogP contribution in [0, 0.1) is 0 Å². The van der Waals surface area contributed by atoms with Gasteiger partial charge in [0.25, 0.3) is 0 Å². The molecule has 2 aromatic rings. The predicted octanol–water partition coefficient (Wildman–Crippen LogP) is 2.87. The number of carbonyl (C=O) groups excluding carboxylic acids is 1. The monoisotopic (exact) mass is 342 g/mol. The molecule has 0 aliphatic heterocycles. The molecule has 0 aromatic heterocycles. The van der Waals surface area contributed by atoms with E-state index in [1.165, 1.54) is 13.3 Å². The highest BCUT2D eigenvalue weighted by Gasteiger charge is 2.10. The Morgan fingerprint density at radius 3 is 2.56 bits per heavy atom. The van der Waals surface area contributed by atoms with Crippen LogP contribution < -0.4 is 26.4 Å². The summed E-state index contributed by atoms with van der Waals surface area (Å²) in [5.41, 5.74) is 8.22. The molecular weight excluding hydrogens is 320 g/mol. The Labute approximate surface area is 146 Å². The first-order valence-electron chi connectivity index (χ1n) is 7.69. The van der Waals surface area contributed by atoms with Crippen LogP contribution in [0.15, 0.2) is 48.7 Å². The summed E-state index contributed by atoms with van der Waals surface area (Å²) in [4.78, 5) is 12.1. The number of hydrogen-bond acceptors (Lipinski definition) is 5. The molecule has 0 saturated carbocycles. The molecule has 0 aliphatic rings. The van der Waals surface area contributed by atoms with E-state index in [4.69, 9.17) is 10.5 Å². The first kappa shape index (κ1) is 18.2. The molecule has 2 amide bonds. The van der Waals surface area contributed by atoms with Crippen molar-refractivity contribution in [3.8, 4) is 5.75 Å². The van der Waals surface area contributed by atoms with Crippen molar-refractivity contribution in [3.05, 3.63) is 59.8 Å². The van der Waals surface area contributed by atoms with Crippen LogP contribution in [0.25, 0.3) is 5.76 Å². The van der Waals surface area contributed by atoms with Gasteiger partial charge in [-0.25, -0.2) is 4.79 Å². The van der Waals surface area contributed by atoms with Crippen LogP contribution in [0.3, 0.4) is 0 Å². The van der Waals surface area contributed by atoms with E-state index in [2.05, 4.69) is 16.0 Å². The summed E-state index contributed by atoms with van der Waals surface area (Å²) >= 11 is 0. The average molecular weight is 342 g/mol. The van der Waals surface area contributed by atoms with E-state index in [1.54, 1.807) is 31.3 Å². The highest BCUT2D eigenvalue weighted by atomic mass is 16.5. The lowest BCUT2D eigenvalue weighted by Gasteiger charge is -2.12. The standard InChI is InChI=1S/C18H22N4O3/c1-20-11-16(23)15-7-6-14(9-17(15)25-2)22-18(24)21-13-5-3-4-12(8-13)10-19/h3-9,11,20,23H,10,19H2,1-2H3,(H2,21,22,24)/b16-11-. The topological polar surface area (TPSA) is 109 Å². The Kier molecular flexibility index (Phi) is 6.25. The fourth-order valence-corrected chi connectivity index (χ4v) is 2.26. The highest BCUT2D eigenvalue weighted by Crippen LogP contribution is 2.27. The number of nitrogens with one attached hydrogen (secondary N) is 3. The van der Waals surface area contributed by atoms with Gasteiger partial charge in [0.15, 0.2) is 0 Å². The number of nitrogens with two attached hydrogens (primary N) is 1. The van der Waals surface area contributed by atoms with E-state index in [0.29, 0.717) is 29.2 Å². The van der Waals surface area contributed by atoms with Crippen LogP contribution in [0.1, 0.15) is 11.1 Å². The zero-order valence-corrected chi connectivity index (χ0v) is 14.2. The first-order valence-corrected chi connectivity index (χ1v) is 7.69. The van der Waals surface area contributed by atoms with Crippen molar-refractivity contribution in [1.29, 1.82) is 0 Å². The third kappa shape index (κ3) is 4.89. The highest BCUT2D eigenvalue weighted by molar-refractivity contribution is 6.00. The molecule has 0 heterocycles. The summed E-state index contributed by atoms with van der Waals surface area (Å²) in [5, 5.41) is 18.2. The van der Waals surface area contributed by atoms with Crippen LogP contribution in [0.2, 0.25) is 0 Å². The van der Waals surface area contributed by atoms with Gasteiger partial charge in [0, 0.05) is 37.2 Å². The first-order chi connectivity index (χ1) is 12.1. The van der Waals surface area contributed by atoms with Gasteiger partial charge >= 0.3 is 6.03 Å². The van der Waals surface area contributed by atoms with E-state index in [1.807, 2.05) is 18.2 Å². The molecule has 2 rings (SSSR count). The van der Waals surface area contributed by atoms with Crippen molar-refractivity contribution < 1.29 is 14.6 Å².